The monoisotopic (exact) mass is 653 g/mol. The van der Waals surface area contributed by atoms with Crippen molar-refractivity contribution in [2.24, 2.45) is 0 Å². The van der Waals surface area contributed by atoms with Gasteiger partial charge in [0.1, 0.15) is 12.4 Å². The van der Waals surface area contributed by atoms with Gasteiger partial charge in [-0.1, -0.05) is 49.2 Å². The zero-order valence-corrected chi connectivity index (χ0v) is 26.4. The summed E-state index contributed by atoms with van der Waals surface area (Å²) in [6.45, 7) is 1.15. The van der Waals surface area contributed by atoms with E-state index in [-0.39, 0.29) is 49.5 Å². The lowest BCUT2D eigenvalue weighted by Gasteiger charge is -2.17. The first kappa shape index (κ1) is 36.3. The third-order valence-electron chi connectivity index (χ3n) is 7.30. The second-order valence-corrected chi connectivity index (χ2v) is 12.2. The molecule has 1 amide bonds. The van der Waals surface area contributed by atoms with Crippen molar-refractivity contribution in [2.45, 2.75) is 44.1 Å². The van der Waals surface area contributed by atoms with E-state index in [0.29, 0.717) is 30.9 Å². The number of sulfonamides is 1. The molecule has 0 aromatic heterocycles. The highest BCUT2D eigenvalue weighted by Gasteiger charge is 2.25. The van der Waals surface area contributed by atoms with Crippen LogP contribution in [0.25, 0.3) is 11.1 Å². The van der Waals surface area contributed by atoms with Gasteiger partial charge in [-0.15, -0.1) is 24.8 Å². The number of hydrogen-bond acceptors (Lipinski definition) is 8. The lowest BCUT2D eigenvalue weighted by atomic mass is 9.89. The van der Waals surface area contributed by atoms with Crippen molar-refractivity contribution < 1.29 is 28.2 Å². The summed E-state index contributed by atoms with van der Waals surface area (Å²) in [6, 6.07) is 20.4. The van der Waals surface area contributed by atoms with Crippen molar-refractivity contribution in [1.29, 1.82) is 0 Å². The van der Waals surface area contributed by atoms with Crippen LogP contribution in [0.5, 0.6) is 5.75 Å². The molecule has 0 heterocycles. The lowest BCUT2D eigenvalue weighted by molar-refractivity contribution is 0.0980. The molecule has 0 aliphatic heterocycles. The fraction of sp³-hybridized carbons (Fsp3) is 0.387. The maximum Gasteiger partial charge on any atom is 0.265 e. The van der Waals surface area contributed by atoms with Crippen molar-refractivity contribution in [3.05, 3.63) is 83.4 Å². The average molecular weight is 655 g/mol. The summed E-state index contributed by atoms with van der Waals surface area (Å²) in [5.41, 5.74) is 10.3. The van der Waals surface area contributed by atoms with Crippen molar-refractivity contribution in [2.75, 3.05) is 37.8 Å². The van der Waals surface area contributed by atoms with E-state index in [0.717, 1.165) is 53.7 Å². The maximum absolute atomic E-state index is 13.0. The maximum atomic E-state index is 13.0. The van der Waals surface area contributed by atoms with Gasteiger partial charge in [0.05, 0.1) is 11.9 Å². The first-order valence-electron chi connectivity index (χ1n) is 14.0. The zero-order valence-electron chi connectivity index (χ0n) is 23.9. The molecule has 1 atom stereocenters. The van der Waals surface area contributed by atoms with Crippen LogP contribution >= 0.6 is 24.8 Å². The van der Waals surface area contributed by atoms with Crippen LogP contribution < -0.4 is 20.5 Å². The van der Waals surface area contributed by atoms with Crippen LogP contribution in [0.15, 0.2) is 66.7 Å². The van der Waals surface area contributed by atoms with Crippen molar-refractivity contribution >= 4 is 46.4 Å². The van der Waals surface area contributed by atoms with E-state index in [4.69, 9.17) is 15.6 Å². The van der Waals surface area contributed by atoms with Gasteiger partial charge in [-0.05, 0) is 77.8 Å². The number of benzene rings is 3. The second-order valence-electron chi connectivity index (χ2n) is 10.4. The molecule has 1 aliphatic rings. The Bertz CT molecular complexity index is 1400. The molecule has 1 aliphatic carbocycles. The minimum atomic E-state index is -3.82. The molecule has 0 unspecified atom stereocenters. The summed E-state index contributed by atoms with van der Waals surface area (Å²) in [7, 11) is -3.82. The molecule has 0 saturated heterocycles. The van der Waals surface area contributed by atoms with Crippen LogP contribution in [0.1, 0.15) is 65.6 Å². The van der Waals surface area contributed by atoms with Crippen molar-refractivity contribution in [3.8, 4) is 16.9 Å². The summed E-state index contributed by atoms with van der Waals surface area (Å²) < 4.78 is 32.5. The quantitative estimate of drug-likeness (QED) is 0.125. The van der Waals surface area contributed by atoms with Crippen LogP contribution in [0.3, 0.4) is 0 Å². The van der Waals surface area contributed by atoms with E-state index in [1.807, 2.05) is 48.5 Å². The van der Waals surface area contributed by atoms with Gasteiger partial charge in [0.15, 0.2) is 0 Å². The molecule has 6 N–H and O–H groups in total. The van der Waals surface area contributed by atoms with Gasteiger partial charge in [-0.3, -0.25) is 4.79 Å². The number of aliphatic hydroxyl groups excluding tert-OH is 2. The van der Waals surface area contributed by atoms with Gasteiger partial charge in [0.25, 0.3) is 5.91 Å². The summed E-state index contributed by atoms with van der Waals surface area (Å²) >= 11 is 0. The van der Waals surface area contributed by atoms with E-state index in [1.165, 1.54) is 0 Å². The Morgan fingerprint density at radius 2 is 1.63 bits per heavy atom. The number of ether oxygens (including phenoxy) is 1. The molecule has 4 rings (SSSR count). The Kier molecular flexibility index (Phi) is 14.7. The summed E-state index contributed by atoms with van der Waals surface area (Å²) in [5, 5.41) is 22.4. The van der Waals surface area contributed by atoms with E-state index < -0.39 is 22.0 Å². The fourth-order valence-electron chi connectivity index (χ4n) is 5.08. The number of aliphatic hydroxyl groups is 2. The Hall–Kier alpha value is -2.86. The molecule has 0 bridgehead atoms. The second kappa shape index (κ2) is 17.4. The van der Waals surface area contributed by atoms with Gasteiger partial charge >= 0.3 is 0 Å². The number of rotatable bonds is 14. The first-order chi connectivity index (χ1) is 19.8. The molecular formula is C31H41Cl2N3O6S. The van der Waals surface area contributed by atoms with E-state index in [1.54, 1.807) is 18.2 Å². The standard InChI is InChI=1S/C31H39N3O6S.2ClH/c32-26-11-6-24(7-12-26)30(36)21-33-16-18-40-27-13-8-22(9-14-27)25-10-15-28(29(20-25)23-4-1-2-5-23)31(37)34-41(38,39)19-3-17-35;;/h6-15,20,23,30,33,35-36H,1-5,16-19,21,32H2,(H,34,37);2*1H/t30-;;/m1../s1. The number of carbonyl (C=O) groups excluding carboxylic acids is 1. The zero-order chi connectivity index (χ0) is 29.2. The Morgan fingerprint density at radius 1 is 0.977 bits per heavy atom. The smallest absolute Gasteiger partial charge is 0.265 e. The molecule has 3 aromatic rings. The van der Waals surface area contributed by atoms with Gasteiger partial charge in [-0.25, -0.2) is 13.1 Å². The molecule has 0 radical (unpaired) electrons. The predicted octanol–water partition coefficient (Wildman–Crippen LogP) is 4.58. The van der Waals surface area contributed by atoms with E-state index >= 15 is 0 Å². The molecule has 9 nitrogen and oxygen atoms in total. The summed E-state index contributed by atoms with van der Waals surface area (Å²) in [5.74, 6) is -0.0174. The van der Waals surface area contributed by atoms with Crippen LogP contribution in [-0.4, -0.2) is 56.6 Å². The number of nitrogen functional groups attached to an aromatic ring is 1. The molecule has 3 aromatic carbocycles. The largest absolute Gasteiger partial charge is 0.492 e. The normalized spacial score (nSPS) is 13.9. The summed E-state index contributed by atoms with van der Waals surface area (Å²) in [6.07, 6.45) is 3.51. The first-order valence-corrected chi connectivity index (χ1v) is 15.7. The Morgan fingerprint density at radius 3 is 2.28 bits per heavy atom. The Balaban J connectivity index is 0.00000323. The topological polar surface area (TPSA) is 151 Å². The van der Waals surface area contributed by atoms with E-state index in [9.17, 15) is 18.3 Å². The molecule has 12 heteroatoms. The lowest BCUT2D eigenvalue weighted by Crippen LogP contribution is -2.33. The molecule has 1 fully saturated rings. The van der Waals surface area contributed by atoms with Gasteiger partial charge < -0.3 is 26.0 Å². The average Bonchev–Trinajstić information content (AvgIpc) is 3.51. The fourth-order valence-corrected chi connectivity index (χ4v) is 6.09. The molecule has 43 heavy (non-hydrogen) atoms. The Labute approximate surface area is 266 Å². The summed E-state index contributed by atoms with van der Waals surface area (Å²) in [4.78, 5) is 13.0. The third-order valence-corrected chi connectivity index (χ3v) is 8.63. The number of hydrogen-bond donors (Lipinski definition) is 5. The van der Waals surface area contributed by atoms with Crippen LogP contribution in [0.2, 0.25) is 0 Å². The molecule has 0 spiro atoms. The highest BCUT2D eigenvalue weighted by Crippen LogP contribution is 2.38. The third kappa shape index (κ3) is 10.7. The highest BCUT2D eigenvalue weighted by molar-refractivity contribution is 7.90. The van der Waals surface area contributed by atoms with E-state index in [2.05, 4.69) is 10.0 Å². The number of halogens is 2. The van der Waals surface area contributed by atoms with Gasteiger partial charge in [0.2, 0.25) is 10.0 Å². The highest BCUT2D eigenvalue weighted by atomic mass is 35.5. The van der Waals surface area contributed by atoms with Crippen LogP contribution in [-0.2, 0) is 10.0 Å². The minimum absolute atomic E-state index is 0. The predicted molar refractivity (Wildman–Crippen MR) is 175 cm³/mol. The number of anilines is 1. The number of amides is 1. The SMILES string of the molecule is Cl.Cl.Nc1ccc([C@H](O)CNCCOc2ccc(-c3ccc(C(=O)NS(=O)(=O)CCCO)c(C4CCCC4)c3)cc2)cc1. The van der Waals surface area contributed by atoms with Crippen molar-refractivity contribution in [1.82, 2.24) is 10.0 Å². The number of nitrogens with two attached hydrogens (primary N) is 1. The molecular weight excluding hydrogens is 613 g/mol. The minimum Gasteiger partial charge on any atom is -0.492 e. The number of carbonyl (C=O) groups is 1. The molecule has 1 saturated carbocycles. The molecule has 236 valence electrons. The van der Waals surface area contributed by atoms with Crippen molar-refractivity contribution in [3.63, 3.8) is 0 Å². The van der Waals surface area contributed by atoms with Gasteiger partial charge in [0, 0.05) is 30.9 Å². The van der Waals surface area contributed by atoms with Gasteiger partial charge in [-0.2, -0.15) is 0 Å². The van der Waals surface area contributed by atoms with Crippen LogP contribution in [0.4, 0.5) is 5.69 Å². The van der Waals surface area contributed by atoms with Crippen LogP contribution in [0, 0.1) is 0 Å². The number of nitrogens with one attached hydrogen (secondary N) is 2.